The minimum Gasteiger partial charge on any atom is -0.399 e. The van der Waals surface area contributed by atoms with Crippen LogP contribution in [0.1, 0.15) is 18.9 Å². The normalized spacial score (nSPS) is 23.6. The molecule has 1 aromatic rings. The maximum atomic E-state index is 11.9. The molecule has 3 N–H and O–H groups in total. The van der Waals surface area contributed by atoms with E-state index in [-0.39, 0.29) is 17.9 Å². The number of hydrogen-bond donors (Lipinski definition) is 2. The molecule has 0 saturated carbocycles. The van der Waals surface area contributed by atoms with Crippen molar-refractivity contribution in [2.45, 2.75) is 26.0 Å². The predicted octanol–water partition coefficient (Wildman–Crippen LogP) is 1.31. The van der Waals surface area contributed by atoms with E-state index in [1.165, 1.54) is 0 Å². The number of nitrogen functional groups attached to an aromatic ring is 1. The molecule has 1 fully saturated rings. The average Bonchev–Trinajstić information content (AvgIpc) is 2.72. The van der Waals surface area contributed by atoms with Crippen molar-refractivity contribution in [1.82, 2.24) is 5.32 Å². The van der Waals surface area contributed by atoms with Crippen LogP contribution < -0.4 is 11.1 Å². The second-order valence-corrected chi connectivity index (χ2v) is 4.43. The zero-order valence-corrected chi connectivity index (χ0v) is 9.98. The summed E-state index contributed by atoms with van der Waals surface area (Å²) in [7, 11) is 0. The van der Waals surface area contributed by atoms with Gasteiger partial charge in [-0.3, -0.25) is 4.79 Å². The van der Waals surface area contributed by atoms with Crippen molar-refractivity contribution in [3.63, 3.8) is 0 Å². The zero-order valence-electron chi connectivity index (χ0n) is 9.98. The highest BCUT2D eigenvalue weighted by Gasteiger charge is 2.30. The molecule has 1 heterocycles. The summed E-state index contributed by atoms with van der Waals surface area (Å²) in [4.78, 5) is 11.9. The number of benzene rings is 1. The summed E-state index contributed by atoms with van der Waals surface area (Å²) in [5.41, 5.74) is 7.41. The number of hydrogen-bond acceptors (Lipinski definition) is 3. The van der Waals surface area contributed by atoms with E-state index in [0.717, 1.165) is 12.0 Å². The first-order valence-corrected chi connectivity index (χ1v) is 5.90. The lowest BCUT2D eigenvalue weighted by molar-refractivity contribution is -0.126. The molecule has 4 nitrogen and oxygen atoms in total. The molecule has 1 saturated heterocycles. The molecule has 2 rings (SSSR count). The number of ether oxygens (including phenoxy) is 1. The molecule has 17 heavy (non-hydrogen) atoms. The Hall–Kier alpha value is -1.55. The summed E-state index contributed by atoms with van der Waals surface area (Å²) in [6, 6.07) is 7.54. The van der Waals surface area contributed by atoms with Gasteiger partial charge in [0.25, 0.3) is 0 Å². The van der Waals surface area contributed by atoms with Gasteiger partial charge in [-0.25, -0.2) is 0 Å². The van der Waals surface area contributed by atoms with Gasteiger partial charge < -0.3 is 15.8 Å². The van der Waals surface area contributed by atoms with Crippen molar-refractivity contribution in [1.29, 1.82) is 0 Å². The first-order valence-electron chi connectivity index (χ1n) is 5.90. The Morgan fingerprint density at radius 2 is 2.41 bits per heavy atom. The van der Waals surface area contributed by atoms with Crippen LogP contribution in [0.15, 0.2) is 24.3 Å². The Balaban J connectivity index is 1.88. The van der Waals surface area contributed by atoms with Crippen molar-refractivity contribution in [3.05, 3.63) is 29.8 Å². The average molecular weight is 234 g/mol. The van der Waals surface area contributed by atoms with Crippen LogP contribution in [0.4, 0.5) is 5.69 Å². The van der Waals surface area contributed by atoms with E-state index in [1.807, 2.05) is 31.2 Å². The maximum absolute atomic E-state index is 11.9. The van der Waals surface area contributed by atoms with E-state index in [9.17, 15) is 4.79 Å². The number of nitrogens with two attached hydrogens (primary N) is 1. The van der Waals surface area contributed by atoms with Crippen LogP contribution in [0.25, 0.3) is 0 Å². The van der Waals surface area contributed by atoms with E-state index in [2.05, 4.69) is 5.32 Å². The van der Waals surface area contributed by atoms with Gasteiger partial charge in [0, 0.05) is 18.8 Å². The number of anilines is 1. The highest BCUT2D eigenvalue weighted by atomic mass is 16.5. The van der Waals surface area contributed by atoms with Crippen LogP contribution >= 0.6 is 0 Å². The molecule has 0 radical (unpaired) electrons. The third kappa shape index (κ3) is 2.97. The zero-order chi connectivity index (χ0) is 12.3. The molecule has 0 bridgehead atoms. The number of nitrogens with one attached hydrogen (secondary N) is 1. The van der Waals surface area contributed by atoms with Crippen LogP contribution in [0.3, 0.4) is 0 Å². The van der Waals surface area contributed by atoms with Gasteiger partial charge >= 0.3 is 0 Å². The largest absolute Gasteiger partial charge is 0.399 e. The molecule has 2 atom stereocenters. The van der Waals surface area contributed by atoms with Crippen molar-refractivity contribution in [3.8, 4) is 0 Å². The number of carbonyl (C=O) groups excluding carboxylic acids is 1. The Labute approximate surface area is 101 Å². The van der Waals surface area contributed by atoms with Crippen molar-refractivity contribution in [2.75, 3.05) is 12.3 Å². The van der Waals surface area contributed by atoms with Gasteiger partial charge in [0.1, 0.15) is 0 Å². The molecule has 0 spiro atoms. The first-order chi connectivity index (χ1) is 8.16. The quantitative estimate of drug-likeness (QED) is 0.775. The van der Waals surface area contributed by atoms with Crippen molar-refractivity contribution < 1.29 is 9.53 Å². The Kier molecular flexibility index (Phi) is 3.64. The van der Waals surface area contributed by atoms with Gasteiger partial charge in [0.05, 0.1) is 12.0 Å². The lowest BCUT2D eigenvalue weighted by atomic mass is 10.0. The van der Waals surface area contributed by atoms with Crippen LogP contribution in [0.2, 0.25) is 0 Å². The van der Waals surface area contributed by atoms with E-state index in [4.69, 9.17) is 10.5 Å². The van der Waals surface area contributed by atoms with Crippen LogP contribution in [0.5, 0.6) is 0 Å². The molecule has 92 valence electrons. The van der Waals surface area contributed by atoms with E-state index < -0.39 is 0 Å². The molecule has 0 aliphatic carbocycles. The van der Waals surface area contributed by atoms with Crippen LogP contribution in [0, 0.1) is 5.92 Å². The van der Waals surface area contributed by atoms with E-state index in [1.54, 1.807) is 0 Å². The second-order valence-electron chi connectivity index (χ2n) is 4.43. The number of rotatable bonds is 3. The standard InChI is InChI=1S/C13H18N2O2/c1-9-12(5-6-17-9)13(16)15-8-10-3-2-4-11(14)7-10/h2-4,7,9,12H,5-6,8,14H2,1H3,(H,15,16). The number of amides is 1. The minimum atomic E-state index is -0.0175. The molecule has 1 amide bonds. The van der Waals surface area contributed by atoms with Gasteiger partial charge in [0.2, 0.25) is 5.91 Å². The van der Waals surface area contributed by atoms with Gasteiger partial charge in [-0.1, -0.05) is 12.1 Å². The highest BCUT2D eigenvalue weighted by molar-refractivity contribution is 5.79. The molecule has 4 heteroatoms. The molecule has 1 aromatic carbocycles. The topological polar surface area (TPSA) is 64.3 Å². The Morgan fingerprint density at radius 3 is 3.06 bits per heavy atom. The summed E-state index contributed by atoms with van der Waals surface area (Å²) >= 11 is 0. The second kappa shape index (κ2) is 5.19. The number of carbonyl (C=O) groups is 1. The lowest BCUT2D eigenvalue weighted by Crippen LogP contribution is -2.33. The molecular weight excluding hydrogens is 216 g/mol. The van der Waals surface area contributed by atoms with Crippen LogP contribution in [-0.4, -0.2) is 18.6 Å². The fourth-order valence-corrected chi connectivity index (χ4v) is 2.10. The molecule has 1 aliphatic heterocycles. The Morgan fingerprint density at radius 1 is 1.59 bits per heavy atom. The van der Waals surface area contributed by atoms with Gasteiger partial charge in [-0.2, -0.15) is 0 Å². The predicted molar refractivity (Wildman–Crippen MR) is 66.2 cm³/mol. The highest BCUT2D eigenvalue weighted by Crippen LogP contribution is 2.20. The fraction of sp³-hybridized carbons (Fsp3) is 0.462. The first kappa shape index (κ1) is 11.9. The van der Waals surface area contributed by atoms with Crippen molar-refractivity contribution >= 4 is 11.6 Å². The van der Waals surface area contributed by atoms with Crippen LogP contribution in [-0.2, 0) is 16.1 Å². The molecular formula is C13H18N2O2. The lowest BCUT2D eigenvalue weighted by Gasteiger charge is -2.14. The third-order valence-electron chi connectivity index (χ3n) is 3.13. The van der Waals surface area contributed by atoms with E-state index >= 15 is 0 Å². The van der Waals surface area contributed by atoms with Gasteiger partial charge in [-0.15, -0.1) is 0 Å². The Bertz CT molecular complexity index is 406. The smallest absolute Gasteiger partial charge is 0.226 e. The third-order valence-corrected chi connectivity index (χ3v) is 3.13. The summed E-state index contributed by atoms with van der Waals surface area (Å²) in [6.07, 6.45) is 0.833. The monoisotopic (exact) mass is 234 g/mol. The summed E-state index contributed by atoms with van der Waals surface area (Å²) in [5, 5.41) is 2.92. The SMILES string of the molecule is CC1OCCC1C(=O)NCc1cccc(N)c1. The molecule has 0 aromatic heterocycles. The summed E-state index contributed by atoms with van der Waals surface area (Å²) < 4.78 is 5.38. The maximum Gasteiger partial charge on any atom is 0.226 e. The molecule has 2 unspecified atom stereocenters. The van der Waals surface area contributed by atoms with Gasteiger partial charge in [-0.05, 0) is 31.0 Å². The van der Waals surface area contributed by atoms with Crippen molar-refractivity contribution in [2.24, 2.45) is 5.92 Å². The molecule has 1 aliphatic rings. The fourth-order valence-electron chi connectivity index (χ4n) is 2.10. The van der Waals surface area contributed by atoms with Gasteiger partial charge in [0.15, 0.2) is 0 Å². The van der Waals surface area contributed by atoms with E-state index in [0.29, 0.717) is 18.8 Å². The summed E-state index contributed by atoms with van der Waals surface area (Å²) in [5.74, 6) is 0.0495. The summed E-state index contributed by atoms with van der Waals surface area (Å²) in [6.45, 7) is 3.14. The minimum absolute atomic E-state index is 0.0175.